The molecule has 1 aliphatic heterocycles. The molecule has 0 saturated carbocycles. The third kappa shape index (κ3) is 3.12. The molecule has 0 spiro atoms. The molecule has 1 aromatic rings. The molecule has 0 bridgehead atoms. The maximum atomic E-state index is 11.6. The number of nitrogen functional groups attached to an aromatic ring is 1. The van der Waals surface area contributed by atoms with Crippen molar-refractivity contribution in [2.75, 3.05) is 30.5 Å². The smallest absolute Gasteiger partial charge is 0.182 e. The Morgan fingerprint density at radius 1 is 1.56 bits per heavy atom. The maximum Gasteiger partial charge on any atom is 0.182 e. The largest absolute Gasteiger partial charge is 0.382 e. The van der Waals surface area contributed by atoms with E-state index < -0.39 is 9.84 Å². The molecule has 2 heterocycles. The Morgan fingerprint density at radius 3 is 2.94 bits per heavy atom. The van der Waals surface area contributed by atoms with Crippen molar-refractivity contribution >= 4 is 32.2 Å². The summed E-state index contributed by atoms with van der Waals surface area (Å²) < 4.78 is 32.7. The molecule has 1 unspecified atom stereocenters. The van der Waals surface area contributed by atoms with Crippen LogP contribution in [-0.2, 0) is 14.6 Å². The van der Waals surface area contributed by atoms with Gasteiger partial charge in [0, 0.05) is 19.4 Å². The minimum Gasteiger partial charge on any atom is -0.382 e. The molecule has 0 aliphatic carbocycles. The molecule has 8 heteroatoms. The molecular weight excluding hydrogens is 274 g/mol. The number of aromatic nitrogens is 1. The van der Waals surface area contributed by atoms with Crippen LogP contribution in [-0.4, -0.2) is 38.3 Å². The van der Waals surface area contributed by atoms with Crippen LogP contribution in [0.15, 0.2) is 4.90 Å². The lowest BCUT2D eigenvalue weighted by atomic mass is 10.1. The Morgan fingerprint density at radius 2 is 2.33 bits per heavy atom. The van der Waals surface area contributed by atoms with Gasteiger partial charge in [0.1, 0.15) is 9.90 Å². The highest BCUT2D eigenvalue weighted by Gasteiger charge is 2.22. The Hall–Kier alpha value is -0.860. The van der Waals surface area contributed by atoms with Gasteiger partial charge in [-0.2, -0.15) is 4.37 Å². The van der Waals surface area contributed by atoms with E-state index >= 15 is 0 Å². The normalized spacial score (nSPS) is 20.8. The molecule has 1 aliphatic rings. The zero-order valence-electron chi connectivity index (χ0n) is 10.2. The van der Waals surface area contributed by atoms with Crippen molar-refractivity contribution in [3.63, 3.8) is 0 Å². The number of rotatable bonds is 4. The lowest BCUT2D eigenvalue weighted by molar-refractivity contribution is 0.0248. The lowest BCUT2D eigenvalue weighted by Gasteiger charge is -2.22. The third-order valence-electron chi connectivity index (χ3n) is 2.81. The van der Waals surface area contributed by atoms with E-state index in [0.717, 1.165) is 43.7 Å². The molecular formula is C10H17N3O3S2. The van der Waals surface area contributed by atoms with E-state index in [1.165, 1.54) is 0 Å². The first-order valence-electron chi connectivity index (χ1n) is 5.79. The molecule has 3 N–H and O–H groups in total. The standard InChI is InChI=1S/C10H17N3O3S2/c1-18(14,15)8-9(11)13-17-10(8)12-6-7-4-2-3-5-16-7/h7,12H,2-6H2,1H3,(H2,11,13). The first-order valence-corrected chi connectivity index (χ1v) is 8.45. The minimum atomic E-state index is -3.35. The second kappa shape index (κ2) is 5.41. The fraction of sp³-hybridized carbons (Fsp3) is 0.700. The van der Waals surface area contributed by atoms with Crippen molar-refractivity contribution in [1.29, 1.82) is 0 Å². The summed E-state index contributed by atoms with van der Waals surface area (Å²) in [6, 6.07) is 0. The van der Waals surface area contributed by atoms with Crippen LogP contribution < -0.4 is 11.1 Å². The maximum absolute atomic E-state index is 11.6. The lowest BCUT2D eigenvalue weighted by Crippen LogP contribution is -2.27. The van der Waals surface area contributed by atoms with Crippen LogP contribution in [0.1, 0.15) is 19.3 Å². The Kier molecular flexibility index (Phi) is 4.08. The van der Waals surface area contributed by atoms with Gasteiger partial charge in [-0.25, -0.2) is 8.42 Å². The van der Waals surface area contributed by atoms with E-state index in [1.807, 2.05) is 0 Å². The predicted octanol–water partition coefficient (Wildman–Crippen LogP) is 1.11. The topological polar surface area (TPSA) is 94.3 Å². The zero-order valence-corrected chi connectivity index (χ0v) is 11.8. The summed E-state index contributed by atoms with van der Waals surface area (Å²) in [6.45, 7) is 1.36. The van der Waals surface area contributed by atoms with E-state index in [-0.39, 0.29) is 16.8 Å². The summed E-state index contributed by atoms with van der Waals surface area (Å²) in [6.07, 6.45) is 4.51. The van der Waals surface area contributed by atoms with E-state index in [0.29, 0.717) is 11.5 Å². The van der Waals surface area contributed by atoms with Crippen molar-refractivity contribution in [2.45, 2.75) is 30.3 Å². The molecule has 0 aromatic carbocycles. The number of nitrogens with one attached hydrogen (secondary N) is 1. The molecule has 102 valence electrons. The van der Waals surface area contributed by atoms with Crippen LogP contribution in [0.5, 0.6) is 0 Å². The van der Waals surface area contributed by atoms with E-state index in [9.17, 15) is 8.42 Å². The van der Waals surface area contributed by atoms with Crippen molar-refractivity contribution in [3.8, 4) is 0 Å². The zero-order chi connectivity index (χ0) is 13.2. The summed E-state index contributed by atoms with van der Waals surface area (Å²) in [5.41, 5.74) is 5.59. The third-order valence-corrected chi connectivity index (χ3v) is 4.91. The Labute approximate surface area is 111 Å². The average Bonchev–Trinajstić information content (AvgIpc) is 2.69. The summed E-state index contributed by atoms with van der Waals surface area (Å²) in [7, 11) is -3.35. The van der Waals surface area contributed by atoms with E-state index in [2.05, 4.69) is 9.69 Å². The van der Waals surface area contributed by atoms with Gasteiger partial charge in [-0.3, -0.25) is 0 Å². The number of anilines is 2. The highest BCUT2D eigenvalue weighted by atomic mass is 32.2. The van der Waals surface area contributed by atoms with E-state index in [1.54, 1.807) is 0 Å². The van der Waals surface area contributed by atoms with Crippen molar-refractivity contribution in [2.24, 2.45) is 0 Å². The second-order valence-corrected chi connectivity index (χ2v) is 7.09. The van der Waals surface area contributed by atoms with Gasteiger partial charge in [0.25, 0.3) is 0 Å². The first-order chi connectivity index (χ1) is 8.48. The Balaban J connectivity index is 2.05. The van der Waals surface area contributed by atoms with Gasteiger partial charge in [-0.1, -0.05) is 0 Å². The van der Waals surface area contributed by atoms with Gasteiger partial charge in [0.05, 0.1) is 6.10 Å². The van der Waals surface area contributed by atoms with Gasteiger partial charge < -0.3 is 15.8 Å². The summed E-state index contributed by atoms with van der Waals surface area (Å²) in [4.78, 5) is 0.100. The number of sulfone groups is 1. The Bertz CT molecular complexity index is 506. The SMILES string of the molecule is CS(=O)(=O)c1c(N)nsc1NCC1CCCCO1. The van der Waals surface area contributed by atoms with Crippen LogP contribution in [0.25, 0.3) is 0 Å². The fourth-order valence-electron chi connectivity index (χ4n) is 1.94. The molecule has 18 heavy (non-hydrogen) atoms. The van der Waals surface area contributed by atoms with Crippen LogP contribution >= 0.6 is 11.5 Å². The first kappa shape index (κ1) is 13.6. The highest BCUT2D eigenvalue weighted by molar-refractivity contribution is 7.91. The highest BCUT2D eigenvalue weighted by Crippen LogP contribution is 2.31. The van der Waals surface area contributed by atoms with E-state index in [4.69, 9.17) is 10.5 Å². The number of hydrogen-bond acceptors (Lipinski definition) is 7. The average molecular weight is 291 g/mol. The summed E-state index contributed by atoms with van der Waals surface area (Å²) >= 11 is 1.07. The molecule has 0 amide bonds. The molecule has 1 fully saturated rings. The van der Waals surface area contributed by atoms with Crippen LogP contribution in [0.2, 0.25) is 0 Å². The summed E-state index contributed by atoms with van der Waals surface area (Å²) in [5, 5.41) is 3.59. The number of ether oxygens (including phenoxy) is 1. The van der Waals surface area contributed by atoms with Gasteiger partial charge >= 0.3 is 0 Å². The number of nitrogens with two attached hydrogens (primary N) is 1. The van der Waals surface area contributed by atoms with Crippen LogP contribution in [0.3, 0.4) is 0 Å². The second-order valence-electron chi connectivity index (χ2n) is 4.37. The quantitative estimate of drug-likeness (QED) is 0.863. The molecule has 1 aromatic heterocycles. The van der Waals surface area contributed by atoms with Gasteiger partial charge in [-0.05, 0) is 30.8 Å². The molecule has 1 atom stereocenters. The van der Waals surface area contributed by atoms with Crippen molar-refractivity contribution in [1.82, 2.24) is 4.37 Å². The molecule has 6 nitrogen and oxygen atoms in total. The molecule has 1 saturated heterocycles. The van der Waals surface area contributed by atoms with Crippen molar-refractivity contribution < 1.29 is 13.2 Å². The van der Waals surface area contributed by atoms with Gasteiger partial charge in [-0.15, -0.1) is 0 Å². The monoisotopic (exact) mass is 291 g/mol. The van der Waals surface area contributed by atoms with Gasteiger partial charge in [0.15, 0.2) is 15.7 Å². The predicted molar refractivity (Wildman–Crippen MR) is 71.7 cm³/mol. The minimum absolute atomic E-state index is 0.0644. The number of nitrogens with zero attached hydrogens (tertiary/aromatic N) is 1. The summed E-state index contributed by atoms with van der Waals surface area (Å²) in [5.74, 6) is 0.0644. The molecule has 2 rings (SSSR count). The van der Waals surface area contributed by atoms with Crippen LogP contribution in [0.4, 0.5) is 10.8 Å². The van der Waals surface area contributed by atoms with Crippen LogP contribution in [0, 0.1) is 0 Å². The fourth-order valence-corrected chi connectivity index (χ4v) is 4.01. The molecule has 0 radical (unpaired) electrons. The number of hydrogen-bond donors (Lipinski definition) is 2. The van der Waals surface area contributed by atoms with Gasteiger partial charge in [0.2, 0.25) is 0 Å². The van der Waals surface area contributed by atoms with Crippen molar-refractivity contribution in [3.05, 3.63) is 0 Å².